The number of hydrogen-bond acceptors (Lipinski definition) is 3. The average Bonchev–Trinajstić information content (AvgIpc) is 2.77. The Labute approximate surface area is 210 Å². The molecule has 3 aromatic carbocycles. The third kappa shape index (κ3) is 8.41. The van der Waals surface area contributed by atoms with E-state index in [-0.39, 0.29) is 37.5 Å². The highest BCUT2D eigenvalue weighted by molar-refractivity contribution is 14.1. The van der Waals surface area contributed by atoms with Gasteiger partial charge in [0.05, 0.1) is 12.1 Å². The van der Waals surface area contributed by atoms with Gasteiger partial charge in [-0.1, -0.05) is 30.3 Å². The van der Waals surface area contributed by atoms with E-state index in [4.69, 9.17) is 0 Å². The fourth-order valence-electron chi connectivity index (χ4n) is 3.65. The first-order chi connectivity index (χ1) is 16.3. The number of halogens is 4. The predicted molar refractivity (Wildman–Crippen MR) is 134 cm³/mol. The van der Waals surface area contributed by atoms with Crippen LogP contribution in [0.2, 0.25) is 0 Å². The summed E-state index contributed by atoms with van der Waals surface area (Å²) < 4.78 is 42.3. The van der Waals surface area contributed by atoms with E-state index in [1.54, 1.807) is 18.2 Å². The van der Waals surface area contributed by atoms with Gasteiger partial charge >= 0.3 is 0 Å². The van der Waals surface area contributed by atoms with E-state index in [2.05, 4.69) is 33.2 Å². The van der Waals surface area contributed by atoms with Gasteiger partial charge in [-0.3, -0.25) is 4.79 Å². The Hall–Kier alpha value is -2.43. The fraction of sp³-hybridized carbons (Fsp3) is 0.269. The summed E-state index contributed by atoms with van der Waals surface area (Å²) in [7, 11) is 0. The van der Waals surface area contributed by atoms with Gasteiger partial charge in [-0.25, -0.2) is 13.2 Å². The molecule has 0 aliphatic rings. The lowest BCUT2D eigenvalue weighted by Gasteiger charge is -2.25. The average molecular weight is 582 g/mol. The first kappa shape index (κ1) is 26.2. The summed E-state index contributed by atoms with van der Waals surface area (Å²) in [6.45, 7) is 0.665. The van der Waals surface area contributed by atoms with Crippen molar-refractivity contribution in [3.8, 4) is 0 Å². The molecular formula is C26H26F3IN2O2. The molecule has 8 heteroatoms. The quantitative estimate of drug-likeness (QED) is 0.292. The van der Waals surface area contributed by atoms with Gasteiger partial charge in [0.25, 0.3) is 0 Å². The SMILES string of the molecule is O=C(CCc1ccccc1F)N[C@@H](Cc1cc(F)cc(F)c1)[C@H](O)CNCc1cccc(I)c1. The lowest BCUT2D eigenvalue weighted by atomic mass is 10.00. The first-order valence-corrected chi connectivity index (χ1v) is 12.0. The van der Waals surface area contributed by atoms with Crippen LogP contribution >= 0.6 is 22.6 Å². The largest absolute Gasteiger partial charge is 0.390 e. The Kier molecular flexibility index (Phi) is 9.91. The van der Waals surface area contributed by atoms with Gasteiger partial charge in [0.15, 0.2) is 0 Å². The number of amides is 1. The van der Waals surface area contributed by atoms with E-state index in [1.807, 2.05) is 24.3 Å². The molecule has 180 valence electrons. The Morgan fingerprint density at radius 3 is 2.38 bits per heavy atom. The van der Waals surface area contributed by atoms with Crippen LogP contribution in [0.5, 0.6) is 0 Å². The van der Waals surface area contributed by atoms with Crippen LogP contribution in [-0.4, -0.2) is 29.7 Å². The monoisotopic (exact) mass is 582 g/mol. The van der Waals surface area contributed by atoms with Gasteiger partial charge in [0.1, 0.15) is 17.5 Å². The molecule has 3 N–H and O–H groups in total. The number of hydrogen-bond donors (Lipinski definition) is 3. The molecule has 0 heterocycles. The Balaban J connectivity index is 1.63. The number of carbonyl (C=O) groups excluding carboxylic acids is 1. The number of carbonyl (C=O) groups is 1. The Bertz CT molecular complexity index is 1090. The van der Waals surface area contributed by atoms with Crippen LogP contribution in [0.15, 0.2) is 66.7 Å². The minimum absolute atomic E-state index is 0.0115. The van der Waals surface area contributed by atoms with Gasteiger partial charge in [-0.15, -0.1) is 0 Å². The molecule has 0 spiro atoms. The lowest BCUT2D eigenvalue weighted by molar-refractivity contribution is -0.122. The van der Waals surface area contributed by atoms with Crippen LogP contribution < -0.4 is 10.6 Å². The maximum absolute atomic E-state index is 13.8. The second-order valence-electron chi connectivity index (χ2n) is 8.08. The number of aryl methyl sites for hydroxylation is 1. The number of aliphatic hydroxyl groups is 1. The zero-order valence-electron chi connectivity index (χ0n) is 18.4. The molecule has 0 saturated carbocycles. The molecule has 0 radical (unpaired) electrons. The molecule has 0 fully saturated rings. The van der Waals surface area contributed by atoms with Gasteiger partial charge in [0, 0.05) is 29.1 Å². The summed E-state index contributed by atoms with van der Waals surface area (Å²) in [5, 5.41) is 16.7. The van der Waals surface area contributed by atoms with Gasteiger partial charge in [-0.2, -0.15) is 0 Å². The highest BCUT2D eigenvalue weighted by Gasteiger charge is 2.22. The summed E-state index contributed by atoms with van der Waals surface area (Å²) in [6, 6.07) is 16.4. The molecule has 2 atom stereocenters. The number of nitrogens with one attached hydrogen (secondary N) is 2. The Morgan fingerprint density at radius 1 is 0.941 bits per heavy atom. The van der Waals surface area contributed by atoms with Crippen molar-refractivity contribution in [3.05, 3.63) is 104 Å². The number of aliphatic hydroxyl groups excluding tert-OH is 1. The predicted octanol–water partition coefficient (Wildman–Crippen LogP) is 4.52. The van der Waals surface area contributed by atoms with Crippen molar-refractivity contribution in [1.82, 2.24) is 10.6 Å². The molecule has 3 rings (SSSR count). The molecule has 0 saturated heterocycles. The highest BCUT2D eigenvalue weighted by atomic mass is 127. The summed E-state index contributed by atoms with van der Waals surface area (Å²) in [5.74, 6) is -2.24. The van der Waals surface area contributed by atoms with Crippen molar-refractivity contribution in [1.29, 1.82) is 0 Å². The maximum atomic E-state index is 13.8. The third-order valence-electron chi connectivity index (χ3n) is 5.34. The Morgan fingerprint density at radius 2 is 1.68 bits per heavy atom. The van der Waals surface area contributed by atoms with E-state index in [0.29, 0.717) is 17.7 Å². The van der Waals surface area contributed by atoms with Crippen LogP contribution in [0.25, 0.3) is 0 Å². The zero-order valence-corrected chi connectivity index (χ0v) is 20.6. The smallest absolute Gasteiger partial charge is 0.220 e. The molecule has 34 heavy (non-hydrogen) atoms. The molecule has 0 unspecified atom stereocenters. The van der Waals surface area contributed by atoms with E-state index in [9.17, 15) is 23.1 Å². The summed E-state index contributed by atoms with van der Waals surface area (Å²) in [6.07, 6.45) is -0.781. The van der Waals surface area contributed by atoms with Gasteiger partial charge in [0.2, 0.25) is 5.91 Å². The van der Waals surface area contributed by atoms with Crippen LogP contribution in [0.1, 0.15) is 23.1 Å². The maximum Gasteiger partial charge on any atom is 0.220 e. The van der Waals surface area contributed by atoms with Crippen molar-refractivity contribution in [2.45, 2.75) is 38.0 Å². The second-order valence-corrected chi connectivity index (χ2v) is 9.32. The standard InChI is InChI=1S/C26H26F3IN2O2/c27-20-10-18(11-21(28)14-20)13-24(25(33)16-31-15-17-4-3-6-22(30)12-17)32-26(34)9-8-19-5-1-2-7-23(19)29/h1-7,10-12,14,24-25,31,33H,8-9,13,15-16H2,(H,32,34)/t24-,25+/m0/s1. The van der Waals surface area contributed by atoms with E-state index >= 15 is 0 Å². The number of benzene rings is 3. The van der Waals surface area contributed by atoms with Crippen molar-refractivity contribution in [3.63, 3.8) is 0 Å². The molecule has 0 aromatic heterocycles. The van der Waals surface area contributed by atoms with Crippen LogP contribution in [0, 0.1) is 21.0 Å². The molecule has 4 nitrogen and oxygen atoms in total. The highest BCUT2D eigenvalue weighted by Crippen LogP contribution is 2.14. The van der Waals surface area contributed by atoms with Gasteiger partial charge in [-0.05, 0) is 82.5 Å². The topological polar surface area (TPSA) is 61.4 Å². The number of rotatable bonds is 11. The molecule has 3 aromatic rings. The minimum Gasteiger partial charge on any atom is -0.390 e. The van der Waals surface area contributed by atoms with Crippen LogP contribution in [0.3, 0.4) is 0 Å². The van der Waals surface area contributed by atoms with E-state index < -0.39 is 23.8 Å². The summed E-state index contributed by atoms with van der Waals surface area (Å²) >= 11 is 2.22. The second kappa shape index (κ2) is 12.9. The third-order valence-corrected chi connectivity index (χ3v) is 6.01. The van der Waals surface area contributed by atoms with Crippen LogP contribution in [0.4, 0.5) is 13.2 Å². The summed E-state index contributed by atoms with van der Waals surface area (Å²) in [5.41, 5.74) is 1.77. The van der Waals surface area contributed by atoms with Gasteiger partial charge < -0.3 is 15.7 Å². The fourth-order valence-corrected chi connectivity index (χ4v) is 4.26. The lowest BCUT2D eigenvalue weighted by Crippen LogP contribution is -2.48. The van der Waals surface area contributed by atoms with E-state index in [1.165, 1.54) is 18.2 Å². The first-order valence-electron chi connectivity index (χ1n) is 10.9. The molecule has 0 bridgehead atoms. The molecular weight excluding hydrogens is 556 g/mol. The van der Waals surface area contributed by atoms with E-state index in [0.717, 1.165) is 15.2 Å². The van der Waals surface area contributed by atoms with Crippen molar-refractivity contribution >= 4 is 28.5 Å². The molecule has 0 aliphatic heterocycles. The molecule has 0 aliphatic carbocycles. The van der Waals surface area contributed by atoms with Crippen LogP contribution in [-0.2, 0) is 24.2 Å². The van der Waals surface area contributed by atoms with Crippen molar-refractivity contribution in [2.75, 3.05) is 6.54 Å². The normalized spacial score (nSPS) is 12.9. The zero-order chi connectivity index (χ0) is 24.5. The molecule has 1 amide bonds. The van der Waals surface area contributed by atoms with Crippen molar-refractivity contribution in [2.24, 2.45) is 0 Å². The summed E-state index contributed by atoms with van der Waals surface area (Å²) in [4.78, 5) is 12.6. The van der Waals surface area contributed by atoms with Crippen molar-refractivity contribution < 1.29 is 23.1 Å². The minimum atomic E-state index is -1.02.